The van der Waals surface area contributed by atoms with Gasteiger partial charge in [0.1, 0.15) is 12.4 Å². The Balaban J connectivity index is 1.59. The van der Waals surface area contributed by atoms with Gasteiger partial charge in [-0.1, -0.05) is 5.16 Å². The normalized spacial score (nSPS) is 14.4. The van der Waals surface area contributed by atoms with Crippen molar-refractivity contribution >= 4 is 5.91 Å². The third-order valence-corrected chi connectivity index (χ3v) is 2.94. The molecule has 1 aliphatic rings. The Bertz CT molecular complexity index is 602. The van der Waals surface area contributed by atoms with E-state index in [1.165, 1.54) is 6.39 Å². The van der Waals surface area contributed by atoms with Crippen LogP contribution < -0.4 is 5.32 Å². The molecular weight excluding hydrogens is 264 g/mol. The summed E-state index contributed by atoms with van der Waals surface area (Å²) in [5, 5.41) is 6.39. The summed E-state index contributed by atoms with van der Waals surface area (Å²) in [6.07, 6.45) is 3.38. The lowest BCUT2D eigenvalue weighted by Crippen LogP contribution is -2.24. The van der Waals surface area contributed by atoms with Crippen LogP contribution in [0.5, 0.6) is 0 Å². The van der Waals surface area contributed by atoms with Crippen molar-refractivity contribution in [3.05, 3.63) is 29.6 Å². The summed E-state index contributed by atoms with van der Waals surface area (Å²) in [7, 11) is 1.54. The minimum atomic E-state index is -0.299. The van der Waals surface area contributed by atoms with Gasteiger partial charge < -0.3 is 19.0 Å². The van der Waals surface area contributed by atoms with Crippen molar-refractivity contribution < 1.29 is 18.5 Å². The number of nitrogens with one attached hydrogen (secondary N) is 1. The quantitative estimate of drug-likeness (QED) is 0.840. The van der Waals surface area contributed by atoms with E-state index < -0.39 is 0 Å². The maximum atomic E-state index is 12.0. The lowest BCUT2D eigenvalue weighted by molar-refractivity contribution is 0.0940. The molecule has 20 heavy (non-hydrogen) atoms. The number of hydrogen-bond donors (Lipinski definition) is 1. The number of hydrogen-bond acceptors (Lipinski definition) is 7. The van der Waals surface area contributed by atoms with Gasteiger partial charge in [-0.25, -0.2) is 4.98 Å². The van der Waals surface area contributed by atoms with E-state index in [1.54, 1.807) is 7.11 Å². The van der Waals surface area contributed by atoms with Crippen LogP contribution in [0.25, 0.3) is 0 Å². The summed E-state index contributed by atoms with van der Waals surface area (Å²) in [4.78, 5) is 20.0. The Morgan fingerprint density at radius 1 is 1.55 bits per heavy atom. The fraction of sp³-hybridized carbons (Fsp3) is 0.500. The summed E-state index contributed by atoms with van der Waals surface area (Å²) >= 11 is 0. The molecule has 2 aromatic heterocycles. The summed E-state index contributed by atoms with van der Waals surface area (Å²) in [6.45, 7) is 0.416. The molecule has 2 heterocycles. The first-order valence-corrected chi connectivity index (χ1v) is 6.30. The number of oxazole rings is 1. The average molecular weight is 278 g/mol. The van der Waals surface area contributed by atoms with Crippen molar-refractivity contribution in [2.75, 3.05) is 7.11 Å². The van der Waals surface area contributed by atoms with Crippen molar-refractivity contribution in [1.29, 1.82) is 0 Å². The zero-order valence-corrected chi connectivity index (χ0v) is 11.0. The Hall–Kier alpha value is -2.22. The van der Waals surface area contributed by atoms with E-state index in [0.29, 0.717) is 29.1 Å². The highest BCUT2D eigenvalue weighted by Crippen LogP contribution is 2.41. The topological polar surface area (TPSA) is 103 Å². The Kier molecular flexibility index (Phi) is 3.46. The van der Waals surface area contributed by atoms with E-state index in [1.807, 2.05) is 0 Å². The molecule has 3 rings (SSSR count). The molecule has 1 fully saturated rings. The number of carbonyl (C=O) groups excluding carboxylic acids is 1. The predicted molar refractivity (Wildman–Crippen MR) is 64.7 cm³/mol. The molecule has 0 spiro atoms. The SMILES string of the molecule is COCc1noc(CNC(=O)c2ncoc2C2CC2)n1. The molecule has 1 saturated carbocycles. The number of rotatable bonds is 6. The Morgan fingerprint density at radius 2 is 2.40 bits per heavy atom. The molecule has 1 amide bonds. The zero-order valence-electron chi connectivity index (χ0n) is 11.0. The highest BCUT2D eigenvalue weighted by molar-refractivity contribution is 5.93. The first-order valence-electron chi connectivity index (χ1n) is 6.30. The van der Waals surface area contributed by atoms with Crippen molar-refractivity contribution in [2.45, 2.75) is 31.9 Å². The van der Waals surface area contributed by atoms with Crippen LogP contribution in [0.3, 0.4) is 0 Å². The van der Waals surface area contributed by atoms with Gasteiger partial charge in [0.25, 0.3) is 5.91 Å². The first-order chi connectivity index (χ1) is 9.78. The van der Waals surface area contributed by atoms with Crippen LogP contribution in [0.4, 0.5) is 0 Å². The highest BCUT2D eigenvalue weighted by atomic mass is 16.5. The molecule has 0 atom stereocenters. The molecule has 0 bridgehead atoms. The number of amides is 1. The van der Waals surface area contributed by atoms with Gasteiger partial charge in [-0.15, -0.1) is 0 Å². The molecule has 0 aromatic carbocycles. The van der Waals surface area contributed by atoms with Gasteiger partial charge >= 0.3 is 0 Å². The van der Waals surface area contributed by atoms with Gasteiger partial charge in [-0.05, 0) is 12.8 Å². The minimum absolute atomic E-state index is 0.145. The Labute approximate surface area is 114 Å². The summed E-state index contributed by atoms with van der Waals surface area (Å²) in [6, 6.07) is 0. The molecule has 1 aliphatic carbocycles. The second-order valence-corrected chi connectivity index (χ2v) is 4.56. The van der Waals surface area contributed by atoms with Gasteiger partial charge in [0, 0.05) is 13.0 Å². The molecule has 0 unspecified atom stereocenters. The van der Waals surface area contributed by atoms with Gasteiger partial charge in [-0.3, -0.25) is 4.79 Å². The number of carbonyl (C=O) groups is 1. The fourth-order valence-corrected chi connectivity index (χ4v) is 1.85. The van der Waals surface area contributed by atoms with E-state index >= 15 is 0 Å². The lowest BCUT2D eigenvalue weighted by atomic mass is 10.2. The highest BCUT2D eigenvalue weighted by Gasteiger charge is 2.32. The van der Waals surface area contributed by atoms with Crippen LogP contribution >= 0.6 is 0 Å². The molecule has 0 saturated heterocycles. The van der Waals surface area contributed by atoms with E-state index in [9.17, 15) is 4.79 Å². The smallest absolute Gasteiger partial charge is 0.273 e. The largest absolute Gasteiger partial charge is 0.447 e. The van der Waals surface area contributed by atoms with Crippen molar-refractivity contribution in [1.82, 2.24) is 20.4 Å². The lowest BCUT2D eigenvalue weighted by Gasteiger charge is -2.00. The maximum Gasteiger partial charge on any atom is 0.273 e. The molecular formula is C12H14N4O4. The third-order valence-electron chi connectivity index (χ3n) is 2.94. The molecule has 8 nitrogen and oxygen atoms in total. The standard InChI is InChI=1S/C12H14N4O4/c1-18-5-8-15-9(20-16-8)4-13-12(17)10-11(7-2-3-7)19-6-14-10/h6-7H,2-5H2,1H3,(H,13,17). The van der Waals surface area contributed by atoms with Crippen LogP contribution in [0, 0.1) is 0 Å². The minimum Gasteiger partial charge on any atom is -0.447 e. The first kappa shape index (κ1) is 12.8. The molecule has 8 heteroatoms. The summed E-state index contributed by atoms with van der Waals surface area (Å²) < 4.78 is 15.1. The van der Waals surface area contributed by atoms with Crippen LogP contribution in [-0.4, -0.2) is 28.1 Å². The van der Waals surface area contributed by atoms with Crippen LogP contribution in [0.2, 0.25) is 0 Å². The van der Waals surface area contributed by atoms with Gasteiger partial charge in [0.05, 0.1) is 6.54 Å². The molecule has 0 radical (unpaired) electrons. The van der Waals surface area contributed by atoms with Crippen LogP contribution in [0.15, 0.2) is 15.3 Å². The molecule has 2 aromatic rings. The molecule has 106 valence electrons. The molecule has 0 aliphatic heterocycles. The predicted octanol–water partition coefficient (Wildman–Crippen LogP) is 1.01. The van der Waals surface area contributed by atoms with Gasteiger partial charge in [0.15, 0.2) is 17.9 Å². The van der Waals surface area contributed by atoms with Crippen molar-refractivity contribution in [2.24, 2.45) is 0 Å². The van der Waals surface area contributed by atoms with Crippen LogP contribution in [0.1, 0.15) is 46.7 Å². The van der Waals surface area contributed by atoms with E-state index in [-0.39, 0.29) is 19.1 Å². The average Bonchev–Trinajstić information content (AvgIpc) is 3.01. The number of ether oxygens (including phenoxy) is 1. The van der Waals surface area contributed by atoms with E-state index in [2.05, 4.69) is 20.4 Å². The number of methoxy groups -OCH3 is 1. The number of aromatic nitrogens is 3. The monoisotopic (exact) mass is 278 g/mol. The Morgan fingerprint density at radius 3 is 3.15 bits per heavy atom. The maximum absolute atomic E-state index is 12.0. The summed E-state index contributed by atoms with van der Waals surface area (Å²) in [5.74, 6) is 1.45. The second-order valence-electron chi connectivity index (χ2n) is 4.56. The van der Waals surface area contributed by atoms with Crippen molar-refractivity contribution in [3.63, 3.8) is 0 Å². The van der Waals surface area contributed by atoms with Gasteiger partial charge in [0.2, 0.25) is 5.89 Å². The zero-order chi connectivity index (χ0) is 13.9. The number of nitrogens with zero attached hydrogens (tertiary/aromatic N) is 3. The fourth-order valence-electron chi connectivity index (χ4n) is 1.85. The summed E-state index contributed by atoms with van der Waals surface area (Å²) in [5.41, 5.74) is 0.337. The second kappa shape index (κ2) is 5.41. The van der Waals surface area contributed by atoms with Crippen LogP contribution in [-0.2, 0) is 17.9 Å². The third kappa shape index (κ3) is 2.69. The van der Waals surface area contributed by atoms with Crippen molar-refractivity contribution in [3.8, 4) is 0 Å². The van der Waals surface area contributed by atoms with E-state index in [0.717, 1.165) is 12.8 Å². The van der Waals surface area contributed by atoms with Gasteiger partial charge in [-0.2, -0.15) is 4.98 Å². The molecule has 1 N–H and O–H groups in total. The van der Waals surface area contributed by atoms with E-state index in [4.69, 9.17) is 13.7 Å².